The summed E-state index contributed by atoms with van der Waals surface area (Å²) in [4.78, 5) is 40.5. The Morgan fingerprint density at radius 1 is 0.791 bits per heavy atom. The van der Waals surface area contributed by atoms with Gasteiger partial charge in [-0.25, -0.2) is 0 Å². The lowest BCUT2D eigenvalue weighted by atomic mass is 10.0. The molecule has 1 aromatic carbocycles. The van der Waals surface area contributed by atoms with Crippen molar-refractivity contribution in [1.29, 1.82) is 0 Å². The molecule has 0 aliphatic heterocycles. The number of ether oxygens (including phenoxy) is 5. The molecular weight excluding hydrogens is 897 g/mol. The van der Waals surface area contributed by atoms with Gasteiger partial charge in [-0.2, -0.15) is 0 Å². The number of aromatic nitrogens is 1. The molecular formula is C51H78ClN3O11P-. The van der Waals surface area contributed by atoms with Gasteiger partial charge in [0.05, 0.1) is 38.9 Å². The van der Waals surface area contributed by atoms with E-state index in [4.69, 9.17) is 44.3 Å². The summed E-state index contributed by atoms with van der Waals surface area (Å²) in [5.74, 6) is 12.2. The molecule has 0 radical (unpaired) electrons. The maximum absolute atomic E-state index is 13.1. The minimum atomic E-state index is -4.56. The molecule has 0 aliphatic carbocycles. The number of hydrogen-bond acceptors (Lipinski definition) is 12. The molecule has 1 amide bonds. The van der Waals surface area contributed by atoms with Crippen LogP contribution in [0, 0.1) is 41.9 Å². The molecule has 2 rings (SSSR count). The van der Waals surface area contributed by atoms with Gasteiger partial charge in [0, 0.05) is 60.5 Å². The molecule has 16 heteroatoms. The van der Waals surface area contributed by atoms with Gasteiger partial charge < -0.3 is 47.8 Å². The standard InChI is InChI=1S/C51H79ClN3O11P/c1-6-8-9-10-11-12-13-14-15-16-17-18-19-22-27-35-61-42-63-40-46(41-66-67(58,59)65-37-34-54(4)7-2)64-43-62-36-28-23-26-33-53-50(56)39-47-44(3)55(51(57)29-24-20-21-25-32-52)49-31-30-45(60-5)38-48(47)49/h30-31,38,46H,6-19,22-23,26-28,33-37,39-43H2,1-5H3,(H,53,56)(H,58,59)/p-1. The lowest BCUT2D eigenvalue weighted by molar-refractivity contribution is -0.230. The molecule has 376 valence electrons. The number of benzene rings is 1. The summed E-state index contributed by atoms with van der Waals surface area (Å²) in [6.45, 7) is 8.32. The average Bonchev–Trinajstić information content (AvgIpc) is 3.59. The number of hydrogen-bond donors (Lipinski definition) is 1. The molecule has 2 atom stereocenters. The highest BCUT2D eigenvalue weighted by atomic mass is 35.5. The van der Waals surface area contributed by atoms with Crippen LogP contribution in [-0.4, -0.2) is 108 Å². The Bertz CT molecular complexity index is 1930. The SMILES string of the molecule is CCCCCCCCCCCCCCCCCOCOCC(COP(=O)([O-])OCCN(C)CC)OCOCCCCCNC(=O)Cc1c(C)n(C(=O)C#CC#CC#CCl)c2ccc(OC)cc12. The summed E-state index contributed by atoms with van der Waals surface area (Å²) in [6, 6.07) is 5.30. The number of halogens is 1. The van der Waals surface area contributed by atoms with Gasteiger partial charge in [-0.1, -0.05) is 104 Å². The van der Waals surface area contributed by atoms with Crippen LogP contribution in [0.15, 0.2) is 18.2 Å². The van der Waals surface area contributed by atoms with Crippen molar-refractivity contribution in [1.82, 2.24) is 14.8 Å². The summed E-state index contributed by atoms with van der Waals surface area (Å²) < 4.78 is 52.3. The fourth-order valence-corrected chi connectivity index (χ4v) is 7.93. The lowest BCUT2D eigenvalue weighted by Gasteiger charge is -2.26. The second-order valence-electron chi connectivity index (χ2n) is 16.5. The van der Waals surface area contributed by atoms with Crippen molar-refractivity contribution in [2.75, 3.05) is 80.4 Å². The summed E-state index contributed by atoms with van der Waals surface area (Å²) in [5.41, 5.74) is 1.89. The Morgan fingerprint density at radius 2 is 1.40 bits per heavy atom. The number of nitrogens with one attached hydrogen (secondary N) is 1. The summed E-state index contributed by atoms with van der Waals surface area (Å²) in [5, 5.41) is 5.81. The molecule has 14 nitrogen and oxygen atoms in total. The van der Waals surface area contributed by atoms with E-state index in [1.807, 2.05) is 18.9 Å². The molecule has 0 aliphatic rings. The summed E-state index contributed by atoms with van der Waals surface area (Å²) in [6.07, 6.45) is 21.0. The van der Waals surface area contributed by atoms with Gasteiger partial charge in [0.2, 0.25) is 5.91 Å². The van der Waals surface area contributed by atoms with E-state index in [1.165, 1.54) is 88.0 Å². The van der Waals surface area contributed by atoms with Crippen LogP contribution in [0.2, 0.25) is 0 Å². The fourth-order valence-electron chi connectivity index (χ4n) is 7.16. The van der Waals surface area contributed by atoms with Crippen molar-refractivity contribution in [3.63, 3.8) is 0 Å². The first-order valence-electron chi connectivity index (χ1n) is 24.3. The highest BCUT2D eigenvalue weighted by Crippen LogP contribution is 2.38. The number of rotatable bonds is 40. The first kappa shape index (κ1) is 59.7. The largest absolute Gasteiger partial charge is 0.756 e. The zero-order chi connectivity index (χ0) is 48.8. The van der Waals surface area contributed by atoms with Crippen molar-refractivity contribution in [2.45, 2.75) is 149 Å². The average molecular weight is 976 g/mol. The van der Waals surface area contributed by atoms with E-state index in [0.717, 1.165) is 25.8 Å². The third-order valence-corrected chi connectivity index (χ3v) is 12.3. The molecule has 0 spiro atoms. The van der Waals surface area contributed by atoms with Crippen molar-refractivity contribution >= 4 is 42.1 Å². The number of phosphoric ester groups is 1. The van der Waals surface area contributed by atoms with Gasteiger partial charge in [-0.05, 0) is 93.4 Å². The third kappa shape index (κ3) is 28.0. The Hall–Kier alpha value is -3.42. The molecule has 0 fully saturated rings. The maximum Gasteiger partial charge on any atom is 0.308 e. The second kappa shape index (κ2) is 38.4. The van der Waals surface area contributed by atoms with Crippen molar-refractivity contribution < 1.29 is 51.8 Å². The third-order valence-electron chi connectivity index (χ3n) is 11.2. The predicted octanol–water partition coefficient (Wildman–Crippen LogP) is 9.31. The number of unbranched alkanes of at least 4 members (excludes halogenated alkanes) is 16. The van der Waals surface area contributed by atoms with E-state index in [1.54, 1.807) is 32.2 Å². The highest BCUT2D eigenvalue weighted by Gasteiger charge is 2.21. The second-order valence-corrected chi connectivity index (χ2v) is 18.1. The highest BCUT2D eigenvalue weighted by molar-refractivity contribution is 7.45. The molecule has 0 bridgehead atoms. The van der Waals surface area contributed by atoms with Crippen LogP contribution in [0.5, 0.6) is 5.75 Å². The first-order chi connectivity index (χ1) is 32.6. The Morgan fingerprint density at radius 3 is 2.03 bits per heavy atom. The van der Waals surface area contributed by atoms with E-state index >= 15 is 0 Å². The normalized spacial score (nSPS) is 12.4. The smallest absolute Gasteiger partial charge is 0.308 e. The Labute approximate surface area is 406 Å². The minimum Gasteiger partial charge on any atom is -0.756 e. The van der Waals surface area contributed by atoms with Crippen molar-refractivity contribution in [2.24, 2.45) is 0 Å². The fraction of sp³-hybridized carbons (Fsp3) is 0.686. The van der Waals surface area contributed by atoms with Crippen molar-refractivity contribution in [3.05, 3.63) is 29.5 Å². The monoisotopic (exact) mass is 975 g/mol. The first-order valence-corrected chi connectivity index (χ1v) is 26.1. The molecule has 1 N–H and O–H groups in total. The van der Waals surface area contributed by atoms with Crippen LogP contribution < -0.4 is 14.9 Å². The number of amides is 1. The van der Waals surface area contributed by atoms with Crippen LogP contribution in [-0.2, 0) is 43.8 Å². The van der Waals surface area contributed by atoms with Crippen LogP contribution >= 0.6 is 19.4 Å². The van der Waals surface area contributed by atoms with Crippen LogP contribution in [0.4, 0.5) is 0 Å². The number of carbonyl (C=O) groups is 2. The quantitative estimate of drug-likeness (QED) is 0.0292. The van der Waals surface area contributed by atoms with Crippen LogP contribution in [0.3, 0.4) is 0 Å². The summed E-state index contributed by atoms with van der Waals surface area (Å²) >= 11 is 5.30. The van der Waals surface area contributed by atoms with Gasteiger partial charge in [0.1, 0.15) is 25.4 Å². The van der Waals surface area contributed by atoms with E-state index in [0.29, 0.717) is 67.1 Å². The van der Waals surface area contributed by atoms with Crippen LogP contribution in [0.25, 0.3) is 10.9 Å². The van der Waals surface area contributed by atoms with Gasteiger partial charge in [-0.3, -0.25) is 18.7 Å². The van der Waals surface area contributed by atoms with E-state index in [2.05, 4.69) is 47.2 Å². The number of phosphoric acid groups is 1. The molecule has 67 heavy (non-hydrogen) atoms. The number of nitrogens with zero attached hydrogens (tertiary/aromatic N) is 2. The molecule has 1 heterocycles. The van der Waals surface area contributed by atoms with Gasteiger partial charge in [0.25, 0.3) is 7.82 Å². The molecule has 0 saturated carbocycles. The maximum atomic E-state index is 13.1. The molecule has 1 aromatic heterocycles. The Kier molecular flexibility index (Phi) is 34.2. The number of fused-ring (bicyclic) bond motifs is 1. The van der Waals surface area contributed by atoms with E-state index < -0.39 is 19.8 Å². The lowest BCUT2D eigenvalue weighted by Crippen LogP contribution is -2.29. The van der Waals surface area contributed by atoms with Crippen LogP contribution in [0.1, 0.15) is 145 Å². The number of carbonyl (C=O) groups excluding carboxylic acids is 2. The number of likely N-dealkylation sites (N-methyl/N-ethyl adjacent to an activating group) is 1. The molecule has 0 saturated heterocycles. The van der Waals surface area contributed by atoms with Crippen molar-refractivity contribution in [3.8, 4) is 40.7 Å². The number of methoxy groups -OCH3 is 1. The molecule has 2 unspecified atom stereocenters. The zero-order valence-corrected chi connectivity index (χ0v) is 42.7. The van der Waals surface area contributed by atoms with Gasteiger partial charge in [0.15, 0.2) is 0 Å². The van der Waals surface area contributed by atoms with Gasteiger partial charge >= 0.3 is 5.91 Å². The predicted molar refractivity (Wildman–Crippen MR) is 264 cm³/mol. The minimum absolute atomic E-state index is 0.0175. The Balaban J connectivity index is 1.70. The topological polar surface area (TPSA) is 159 Å². The molecule has 2 aromatic rings. The summed E-state index contributed by atoms with van der Waals surface area (Å²) in [7, 11) is -1.13. The van der Waals surface area contributed by atoms with E-state index in [9.17, 15) is 19.0 Å². The van der Waals surface area contributed by atoms with Gasteiger partial charge in [-0.15, -0.1) is 0 Å². The van der Waals surface area contributed by atoms with E-state index in [-0.39, 0.29) is 45.7 Å². The zero-order valence-electron chi connectivity index (χ0n) is 41.0.